The van der Waals surface area contributed by atoms with Gasteiger partial charge in [0.25, 0.3) is 0 Å². The summed E-state index contributed by atoms with van der Waals surface area (Å²) in [6.07, 6.45) is 3.65. The molecule has 27 heavy (non-hydrogen) atoms. The van der Waals surface area contributed by atoms with Crippen LogP contribution in [-0.4, -0.2) is 44.4 Å². The average Bonchev–Trinajstić information content (AvgIpc) is 3.40. The zero-order valence-corrected chi connectivity index (χ0v) is 17.8. The summed E-state index contributed by atoms with van der Waals surface area (Å²) in [5.74, 6) is -0.0845. The molecule has 149 valence electrons. The quantitative estimate of drug-likeness (QED) is 0.661. The van der Waals surface area contributed by atoms with Crippen LogP contribution in [0.3, 0.4) is 0 Å². The van der Waals surface area contributed by atoms with Crippen molar-refractivity contribution < 1.29 is 19.7 Å². The molecule has 2 aromatic rings. The minimum Gasteiger partial charge on any atom is -0.481 e. The topological polar surface area (TPSA) is 66.8 Å². The molecule has 4 nitrogen and oxygen atoms in total. The summed E-state index contributed by atoms with van der Waals surface area (Å²) in [5, 5.41) is 25.3. The zero-order valence-electron chi connectivity index (χ0n) is 16.2. The molecule has 2 N–H and O–H groups in total. The highest BCUT2D eigenvalue weighted by Gasteiger charge is 2.09. The monoisotopic (exact) mass is 409 g/mol. The molecule has 0 aliphatic carbocycles. The Morgan fingerprint density at radius 1 is 1.07 bits per heavy atom. The van der Waals surface area contributed by atoms with E-state index in [0.29, 0.717) is 5.92 Å². The molecule has 0 spiro atoms. The number of carboxylic acid groups (broad SMARTS) is 1. The summed E-state index contributed by atoms with van der Waals surface area (Å²) < 4.78 is 4.94. The van der Waals surface area contributed by atoms with Gasteiger partial charge in [0.05, 0.1) is 6.42 Å². The van der Waals surface area contributed by atoms with Crippen LogP contribution in [0.25, 0.3) is 0 Å². The van der Waals surface area contributed by atoms with Crippen molar-refractivity contribution in [1.82, 2.24) is 0 Å². The smallest absolute Gasteiger partial charge is 0.303 e. The van der Waals surface area contributed by atoms with Gasteiger partial charge in [0.1, 0.15) is 0 Å². The highest BCUT2D eigenvalue weighted by atomic mass is 32.1. The minimum absolute atomic E-state index is 0. The Kier molecular flexibility index (Phi) is 15.2. The van der Waals surface area contributed by atoms with Gasteiger partial charge in [-0.05, 0) is 75.9 Å². The van der Waals surface area contributed by atoms with Crippen LogP contribution in [0.5, 0.6) is 0 Å². The lowest BCUT2D eigenvalue weighted by Crippen LogP contribution is -2.01. The van der Waals surface area contributed by atoms with E-state index in [0.717, 1.165) is 25.2 Å². The van der Waals surface area contributed by atoms with Crippen LogP contribution in [0.4, 0.5) is 0 Å². The molecule has 0 aromatic carbocycles. The Balaban J connectivity index is 0.000000391. The zero-order chi connectivity index (χ0) is 19.2. The molecule has 3 heterocycles. The van der Waals surface area contributed by atoms with Gasteiger partial charge in [0.15, 0.2) is 0 Å². The van der Waals surface area contributed by atoms with E-state index in [9.17, 15) is 4.79 Å². The third-order valence-electron chi connectivity index (χ3n) is 4.09. The van der Waals surface area contributed by atoms with Crippen LogP contribution in [0, 0.1) is 0 Å². The highest BCUT2D eigenvalue weighted by Crippen LogP contribution is 2.21. The van der Waals surface area contributed by atoms with Crippen molar-refractivity contribution in [3.05, 3.63) is 44.8 Å². The predicted octanol–water partition coefficient (Wildman–Crippen LogP) is 4.98. The number of aliphatic hydroxyl groups excluding tert-OH is 1. The highest BCUT2D eigenvalue weighted by molar-refractivity contribution is 7.08. The van der Waals surface area contributed by atoms with E-state index in [4.69, 9.17) is 14.9 Å². The fraction of sp³-hybridized carbons (Fsp3) is 0.550. The predicted molar refractivity (Wildman–Crippen MR) is 115 cm³/mol. The van der Waals surface area contributed by atoms with Gasteiger partial charge >= 0.3 is 5.97 Å². The van der Waals surface area contributed by atoms with Crippen molar-refractivity contribution in [2.75, 3.05) is 19.8 Å². The van der Waals surface area contributed by atoms with Crippen molar-refractivity contribution in [3.63, 3.8) is 0 Å². The van der Waals surface area contributed by atoms with Crippen LogP contribution in [0.15, 0.2) is 33.7 Å². The van der Waals surface area contributed by atoms with E-state index in [-0.39, 0.29) is 27.4 Å². The maximum absolute atomic E-state index is 10.3. The van der Waals surface area contributed by atoms with E-state index in [1.54, 1.807) is 22.7 Å². The first-order valence-electron chi connectivity index (χ1n) is 8.99. The second kappa shape index (κ2) is 15.9. The van der Waals surface area contributed by atoms with Gasteiger partial charge < -0.3 is 14.9 Å². The number of aliphatic hydroxyl groups is 1. The van der Waals surface area contributed by atoms with Gasteiger partial charge in [0.2, 0.25) is 0 Å². The summed E-state index contributed by atoms with van der Waals surface area (Å²) in [7, 11) is 0. The maximum atomic E-state index is 10.3. The first kappa shape index (κ1) is 25.9. The van der Waals surface area contributed by atoms with Gasteiger partial charge in [-0.1, -0.05) is 13.8 Å². The number of aliphatic carboxylic acids is 1. The van der Waals surface area contributed by atoms with Crippen LogP contribution < -0.4 is 0 Å². The second-order valence-corrected chi connectivity index (χ2v) is 7.91. The Morgan fingerprint density at radius 2 is 1.59 bits per heavy atom. The summed E-state index contributed by atoms with van der Waals surface area (Å²) >= 11 is 3.31. The second-order valence-electron chi connectivity index (χ2n) is 6.35. The van der Waals surface area contributed by atoms with Crippen molar-refractivity contribution >= 4 is 37.1 Å². The van der Waals surface area contributed by atoms with Crippen molar-refractivity contribution in [1.29, 1.82) is 0 Å². The third kappa shape index (κ3) is 12.0. The number of rotatable bonds is 6. The molecule has 0 amide bonds. The van der Waals surface area contributed by atoms with Gasteiger partial charge in [-0.2, -0.15) is 22.7 Å². The van der Waals surface area contributed by atoms with Crippen LogP contribution >= 0.6 is 22.7 Å². The Morgan fingerprint density at radius 3 is 1.93 bits per heavy atom. The van der Waals surface area contributed by atoms with Crippen LogP contribution in [-0.2, 0) is 9.53 Å². The van der Waals surface area contributed by atoms with Gasteiger partial charge in [-0.25, -0.2) is 0 Å². The molecule has 2 aromatic heterocycles. The van der Waals surface area contributed by atoms with Gasteiger partial charge in [-0.3, -0.25) is 4.79 Å². The summed E-state index contributed by atoms with van der Waals surface area (Å²) in [6.45, 7) is 6.35. The molecule has 7 heteroatoms. The molecule has 1 aliphatic heterocycles. The molecule has 1 fully saturated rings. The first-order chi connectivity index (χ1) is 12.5. The molecule has 0 saturated carbocycles. The molecular weight excluding hydrogens is 379 g/mol. The normalized spacial score (nSPS) is 14.6. The number of carboxylic acids is 1. The molecule has 2 atom stereocenters. The molecule has 2 unspecified atom stereocenters. The molecular formula is C20H30BO4S2. The molecule has 3 rings (SSSR count). The van der Waals surface area contributed by atoms with Crippen molar-refractivity contribution in [2.45, 2.75) is 51.4 Å². The molecule has 3 radical (unpaired) electrons. The Labute approximate surface area is 172 Å². The fourth-order valence-corrected chi connectivity index (χ4v) is 3.93. The number of hydrogen-bond donors (Lipinski definition) is 2. The summed E-state index contributed by atoms with van der Waals surface area (Å²) in [6, 6.07) is 4.09. The number of carbonyl (C=O) groups is 1. The summed E-state index contributed by atoms with van der Waals surface area (Å²) in [5.41, 5.74) is 2.47. The van der Waals surface area contributed by atoms with Crippen molar-refractivity contribution in [2.24, 2.45) is 0 Å². The van der Waals surface area contributed by atoms with Gasteiger partial charge in [0, 0.05) is 28.2 Å². The van der Waals surface area contributed by atoms with Gasteiger partial charge in [-0.15, -0.1) is 0 Å². The first-order valence-corrected chi connectivity index (χ1v) is 10.9. The largest absolute Gasteiger partial charge is 0.481 e. The standard InChI is InChI=1S/C8H10O2S.C8H12OS.C4H8O.B/c1-6(4-8(9)10)7-2-3-11-5-7;1-7(2-4-9)8-3-5-10-6-8;1-2-4-5-3-1;/h2-3,5-6H,4H2,1H3,(H,9,10);3,5-7,9H,2,4H2,1H3;1-4H2;. The molecule has 1 aliphatic rings. The van der Waals surface area contributed by atoms with Crippen LogP contribution in [0.1, 0.15) is 62.5 Å². The van der Waals surface area contributed by atoms with E-state index in [1.807, 2.05) is 23.8 Å². The lowest BCUT2D eigenvalue weighted by molar-refractivity contribution is -0.137. The van der Waals surface area contributed by atoms with Crippen molar-refractivity contribution in [3.8, 4) is 0 Å². The summed E-state index contributed by atoms with van der Waals surface area (Å²) in [4.78, 5) is 10.3. The van der Waals surface area contributed by atoms with E-state index in [1.165, 1.54) is 18.4 Å². The molecule has 1 saturated heterocycles. The lowest BCUT2D eigenvalue weighted by atomic mass is 10.0. The average molecular weight is 409 g/mol. The van der Waals surface area contributed by atoms with Crippen LogP contribution in [0.2, 0.25) is 0 Å². The third-order valence-corrected chi connectivity index (χ3v) is 5.50. The SMILES string of the molecule is C1CCOC1.CC(CC(=O)O)c1ccsc1.CC(CCO)c1ccsc1.[B]. The van der Waals surface area contributed by atoms with E-state index in [2.05, 4.69) is 23.8 Å². The van der Waals surface area contributed by atoms with E-state index >= 15 is 0 Å². The Bertz CT molecular complexity index is 561. The molecule has 0 bridgehead atoms. The number of hydrogen-bond acceptors (Lipinski definition) is 5. The number of ether oxygens (including phenoxy) is 1. The number of thiophene rings is 2. The minimum atomic E-state index is -0.733. The van der Waals surface area contributed by atoms with E-state index < -0.39 is 5.97 Å². The maximum Gasteiger partial charge on any atom is 0.303 e. The fourth-order valence-electron chi connectivity index (χ4n) is 2.36. The Hall–Kier alpha value is -1.15. The lowest BCUT2D eigenvalue weighted by Gasteiger charge is -2.05.